The first kappa shape index (κ1) is 17.4. The van der Waals surface area contributed by atoms with Gasteiger partial charge in [0.2, 0.25) is 0 Å². The van der Waals surface area contributed by atoms with Crippen LogP contribution in [0.3, 0.4) is 0 Å². The average molecular weight is 312 g/mol. The van der Waals surface area contributed by atoms with Gasteiger partial charge in [0, 0.05) is 0 Å². The second kappa shape index (κ2) is 7.54. The Morgan fingerprint density at radius 3 is 1.87 bits per heavy atom. The summed E-state index contributed by atoms with van der Waals surface area (Å²) in [5, 5.41) is 18.0. The maximum atomic E-state index is 9.33. The minimum absolute atomic E-state index is 0.322. The van der Waals surface area contributed by atoms with Gasteiger partial charge in [0.05, 0.1) is 0 Å². The van der Waals surface area contributed by atoms with E-state index >= 15 is 0 Å². The van der Waals surface area contributed by atoms with Crippen molar-refractivity contribution in [3.05, 3.63) is 60.2 Å². The lowest BCUT2D eigenvalue weighted by atomic mass is 9.63. The molecular formula is C21H28O2. The molecule has 2 aromatic rings. The monoisotopic (exact) mass is 312 g/mol. The third-order valence-corrected chi connectivity index (χ3v) is 4.82. The summed E-state index contributed by atoms with van der Waals surface area (Å²) in [5.74, 6) is 2.18. The Morgan fingerprint density at radius 1 is 0.826 bits per heavy atom. The highest BCUT2D eigenvalue weighted by Crippen LogP contribution is 2.48. The van der Waals surface area contributed by atoms with Gasteiger partial charge in [-0.3, -0.25) is 0 Å². The summed E-state index contributed by atoms with van der Waals surface area (Å²) in [6.07, 6.45) is 3.91. The number of phenols is 2. The van der Waals surface area contributed by atoms with Gasteiger partial charge >= 0.3 is 0 Å². The standard InChI is InChI=1S/C15H22O.C6H6O/c1-11-4-9-14(15(2,3)10-11)12-5-7-13(16)8-6-12;7-6-4-2-1-3-5-6/h5-8,11,14,16H,4,9-10H2,1-3H3;1-5,7H. The highest BCUT2D eigenvalue weighted by molar-refractivity contribution is 5.29. The van der Waals surface area contributed by atoms with E-state index in [0.29, 0.717) is 22.8 Å². The summed E-state index contributed by atoms with van der Waals surface area (Å²) in [6.45, 7) is 7.11. The molecule has 0 radical (unpaired) electrons. The average Bonchev–Trinajstić information content (AvgIpc) is 2.49. The maximum Gasteiger partial charge on any atom is 0.115 e. The number of phenolic OH excluding ortho intramolecular Hbond substituents is 2. The summed E-state index contributed by atoms with van der Waals surface area (Å²) in [4.78, 5) is 0. The molecule has 2 heteroatoms. The van der Waals surface area contributed by atoms with Crippen molar-refractivity contribution in [1.29, 1.82) is 0 Å². The van der Waals surface area contributed by atoms with Crippen LogP contribution in [-0.2, 0) is 0 Å². The molecule has 0 aliphatic heterocycles. The van der Waals surface area contributed by atoms with Crippen LogP contribution in [0.15, 0.2) is 54.6 Å². The van der Waals surface area contributed by atoms with E-state index in [1.807, 2.05) is 18.2 Å². The lowest BCUT2D eigenvalue weighted by Gasteiger charge is -2.42. The molecule has 2 nitrogen and oxygen atoms in total. The predicted octanol–water partition coefficient (Wildman–Crippen LogP) is 5.71. The third-order valence-electron chi connectivity index (χ3n) is 4.82. The zero-order valence-corrected chi connectivity index (χ0v) is 14.4. The van der Waals surface area contributed by atoms with Crippen LogP contribution >= 0.6 is 0 Å². The number of aromatic hydroxyl groups is 2. The number of hydrogen-bond acceptors (Lipinski definition) is 2. The van der Waals surface area contributed by atoms with Crippen molar-refractivity contribution >= 4 is 0 Å². The number of para-hydroxylation sites is 1. The van der Waals surface area contributed by atoms with Crippen LogP contribution in [0.2, 0.25) is 0 Å². The van der Waals surface area contributed by atoms with E-state index in [1.165, 1.54) is 24.8 Å². The Balaban J connectivity index is 0.000000229. The summed E-state index contributed by atoms with van der Waals surface area (Å²) >= 11 is 0. The molecule has 0 saturated heterocycles. The van der Waals surface area contributed by atoms with Gasteiger partial charge < -0.3 is 10.2 Å². The lowest BCUT2D eigenvalue weighted by molar-refractivity contribution is 0.154. The summed E-state index contributed by atoms with van der Waals surface area (Å²) in [5.41, 5.74) is 1.77. The van der Waals surface area contributed by atoms with Gasteiger partial charge in [-0.15, -0.1) is 0 Å². The fourth-order valence-corrected chi connectivity index (χ4v) is 3.74. The fourth-order valence-electron chi connectivity index (χ4n) is 3.74. The van der Waals surface area contributed by atoms with Crippen LogP contribution in [0.1, 0.15) is 51.5 Å². The van der Waals surface area contributed by atoms with Crippen LogP contribution in [0.5, 0.6) is 11.5 Å². The van der Waals surface area contributed by atoms with E-state index in [9.17, 15) is 5.11 Å². The smallest absolute Gasteiger partial charge is 0.115 e. The van der Waals surface area contributed by atoms with Crippen LogP contribution in [0.25, 0.3) is 0 Å². The van der Waals surface area contributed by atoms with Crippen LogP contribution in [0.4, 0.5) is 0 Å². The third kappa shape index (κ3) is 5.02. The number of rotatable bonds is 1. The molecule has 23 heavy (non-hydrogen) atoms. The van der Waals surface area contributed by atoms with Crippen molar-refractivity contribution < 1.29 is 10.2 Å². The van der Waals surface area contributed by atoms with E-state index in [-0.39, 0.29) is 0 Å². The minimum Gasteiger partial charge on any atom is -0.508 e. The Labute approximate surface area is 139 Å². The molecule has 0 amide bonds. The van der Waals surface area contributed by atoms with Gasteiger partial charge in [-0.1, -0.05) is 57.5 Å². The highest BCUT2D eigenvalue weighted by Gasteiger charge is 2.35. The summed E-state index contributed by atoms with van der Waals surface area (Å²) < 4.78 is 0. The molecule has 0 heterocycles. The molecule has 1 fully saturated rings. The van der Waals surface area contributed by atoms with Crippen LogP contribution < -0.4 is 0 Å². The molecule has 1 aliphatic rings. The molecule has 1 aliphatic carbocycles. The Kier molecular flexibility index (Phi) is 5.70. The summed E-state index contributed by atoms with van der Waals surface area (Å²) in [6, 6.07) is 16.5. The number of benzene rings is 2. The maximum absolute atomic E-state index is 9.33. The Bertz CT molecular complexity index is 587. The Morgan fingerprint density at radius 2 is 1.39 bits per heavy atom. The minimum atomic E-state index is 0.322. The van der Waals surface area contributed by atoms with Crippen molar-refractivity contribution in [2.75, 3.05) is 0 Å². The molecular weight excluding hydrogens is 284 g/mol. The molecule has 124 valence electrons. The van der Waals surface area contributed by atoms with Gasteiger partial charge in [-0.2, -0.15) is 0 Å². The first-order valence-corrected chi connectivity index (χ1v) is 8.41. The van der Waals surface area contributed by atoms with Crippen molar-refractivity contribution in [1.82, 2.24) is 0 Å². The second-order valence-electron chi connectivity index (χ2n) is 7.35. The molecule has 2 atom stereocenters. The predicted molar refractivity (Wildman–Crippen MR) is 95.8 cm³/mol. The zero-order chi connectivity index (χ0) is 16.9. The molecule has 3 rings (SSSR count). The lowest BCUT2D eigenvalue weighted by Crippen LogP contribution is -2.29. The van der Waals surface area contributed by atoms with Gasteiger partial charge in [0.1, 0.15) is 11.5 Å². The molecule has 0 bridgehead atoms. The molecule has 2 unspecified atom stereocenters. The summed E-state index contributed by atoms with van der Waals surface area (Å²) in [7, 11) is 0. The highest BCUT2D eigenvalue weighted by atomic mass is 16.3. The molecule has 0 aromatic heterocycles. The Hall–Kier alpha value is -1.96. The second-order valence-corrected chi connectivity index (χ2v) is 7.35. The topological polar surface area (TPSA) is 40.5 Å². The van der Waals surface area contributed by atoms with Crippen molar-refractivity contribution in [2.24, 2.45) is 11.3 Å². The van der Waals surface area contributed by atoms with E-state index in [2.05, 4.69) is 32.9 Å². The zero-order valence-electron chi connectivity index (χ0n) is 14.4. The van der Waals surface area contributed by atoms with E-state index in [4.69, 9.17) is 5.11 Å². The normalized spacial score (nSPS) is 22.7. The first-order chi connectivity index (χ1) is 10.9. The van der Waals surface area contributed by atoms with Crippen LogP contribution in [0, 0.1) is 11.3 Å². The first-order valence-electron chi connectivity index (χ1n) is 8.41. The fraction of sp³-hybridized carbons (Fsp3) is 0.429. The van der Waals surface area contributed by atoms with Gasteiger partial charge in [0.15, 0.2) is 0 Å². The van der Waals surface area contributed by atoms with Crippen molar-refractivity contribution in [2.45, 2.75) is 46.0 Å². The molecule has 1 saturated carbocycles. The van der Waals surface area contributed by atoms with Gasteiger partial charge in [-0.25, -0.2) is 0 Å². The van der Waals surface area contributed by atoms with E-state index in [0.717, 1.165) is 5.92 Å². The molecule has 2 aromatic carbocycles. The van der Waals surface area contributed by atoms with Gasteiger partial charge in [-0.05, 0) is 59.9 Å². The SMILES string of the molecule is CC1CCC(c2ccc(O)cc2)C(C)(C)C1.Oc1ccccc1. The van der Waals surface area contributed by atoms with Crippen LogP contribution in [-0.4, -0.2) is 10.2 Å². The molecule has 2 N–H and O–H groups in total. The number of hydrogen-bond donors (Lipinski definition) is 2. The quantitative estimate of drug-likeness (QED) is 0.707. The van der Waals surface area contributed by atoms with Crippen molar-refractivity contribution in [3.8, 4) is 11.5 Å². The van der Waals surface area contributed by atoms with E-state index < -0.39 is 0 Å². The largest absolute Gasteiger partial charge is 0.508 e. The molecule has 0 spiro atoms. The van der Waals surface area contributed by atoms with E-state index in [1.54, 1.807) is 24.3 Å². The van der Waals surface area contributed by atoms with Gasteiger partial charge in [0.25, 0.3) is 0 Å². The van der Waals surface area contributed by atoms with Crippen molar-refractivity contribution in [3.63, 3.8) is 0 Å².